The first kappa shape index (κ1) is 12.5. The zero-order valence-electron chi connectivity index (χ0n) is 9.56. The van der Waals surface area contributed by atoms with Gasteiger partial charge >= 0.3 is 0 Å². The molecule has 0 bridgehead atoms. The largest absolute Gasteiger partial charge is 0.268 e. The third-order valence-corrected chi connectivity index (χ3v) is 3.09. The van der Waals surface area contributed by atoms with Crippen LogP contribution in [0.1, 0.15) is 22.6 Å². The van der Waals surface area contributed by atoms with Crippen LogP contribution in [0.25, 0.3) is 6.08 Å². The van der Waals surface area contributed by atoms with Gasteiger partial charge in [-0.1, -0.05) is 54.4 Å². The minimum atomic E-state index is 0. The van der Waals surface area contributed by atoms with Gasteiger partial charge in [0.1, 0.15) is 0 Å². The molecule has 0 aromatic heterocycles. The van der Waals surface area contributed by atoms with Crippen LogP contribution in [0.15, 0.2) is 54.6 Å². The molecule has 82 valence electrons. The molecule has 0 saturated carbocycles. The quantitative estimate of drug-likeness (QED) is 0.739. The number of hydrogen-bond donors (Lipinski definition) is 0. The Morgan fingerprint density at radius 2 is 1.59 bits per heavy atom. The van der Waals surface area contributed by atoms with Gasteiger partial charge in [0.05, 0.1) is 0 Å². The van der Waals surface area contributed by atoms with Crippen molar-refractivity contribution < 1.29 is 26.2 Å². The Labute approximate surface area is 122 Å². The van der Waals surface area contributed by atoms with Crippen molar-refractivity contribution in [3.63, 3.8) is 0 Å². The maximum Gasteiger partial charge on any atom is 0 e. The van der Waals surface area contributed by atoms with Crippen LogP contribution in [0.3, 0.4) is 0 Å². The molecule has 0 amide bonds. The molecule has 1 aliphatic carbocycles. The van der Waals surface area contributed by atoms with E-state index in [2.05, 4.69) is 66.7 Å². The minimum Gasteiger partial charge on any atom is -0.268 e. The number of hydrogen-bond acceptors (Lipinski definition) is 0. The average molecular weight is 297 g/mol. The summed E-state index contributed by atoms with van der Waals surface area (Å²) in [6, 6.07) is 19.2. The molecule has 1 aliphatic rings. The number of fused-ring (bicyclic) bond motifs is 1. The molecule has 2 aromatic carbocycles. The first-order valence-electron chi connectivity index (χ1n) is 5.65. The molecule has 1 heteroatoms. The summed E-state index contributed by atoms with van der Waals surface area (Å²) < 4.78 is 0. The molecule has 17 heavy (non-hydrogen) atoms. The predicted octanol–water partition coefficient (Wildman–Crippen LogP) is 3.84. The van der Waals surface area contributed by atoms with Crippen molar-refractivity contribution >= 4 is 6.08 Å². The maximum absolute atomic E-state index is 3.45. The van der Waals surface area contributed by atoms with Gasteiger partial charge in [-0.25, -0.2) is 6.08 Å². The second-order valence-electron chi connectivity index (χ2n) is 4.18. The van der Waals surface area contributed by atoms with E-state index < -0.39 is 0 Å². The van der Waals surface area contributed by atoms with Crippen molar-refractivity contribution in [1.29, 1.82) is 0 Å². The van der Waals surface area contributed by atoms with Crippen molar-refractivity contribution in [1.82, 2.24) is 0 Å². The van der Waals surface area contributed by atoms with E-state index in [0.29, 0.717) is 5.92 Å². The number of allylic oxidation sites excluding steroid dienone is 1. The smallest absolute Gasteiger partial charge is 0 e. The molecule has 0 aliphatic heterocycles. The Bertz CT molecular complexity index is 514. The molecule has 0 fully saturated rings. The van der Waals surface area contributed by atoms with Crippen LogP contribution in [0.5, 0.6) is 0 Å². The normalized spacial score (nSPS) is 16.4. The van der Waals surface area contributed by atoms with Crippen molar-refractivity contribution in [2.24, 2.45) is 0 Å². The molecule has 2 aromatic rings. The molecule has 0 saturated heterocycles. The first-order chi connectivity index (χ1) is 7.93. The molecular weight excluding hydrogens is 283 g/mol. The summed E-state index contributed by atoms with van der Waals surface area (Å²) in [5, 5.41) is 0. The van der Waals surface area contributed by atoms with Gasteiger partial charge in [-0.3, -0.25) is 6.08 Å². The fourth-order valence-corrected chi connectivity index (χ4v) is 2.26. The van der Waals surface area contributed by atoms with Crippen LogP contribution in [0.2, 0.25) is 0 Å². The van der Waals surface area contributed by atoms with Gasteiger partial charge in [0.25, 0.3) is 0 Å². The summed E-state index contributed by atoms with van der Waals surface area (Å²) in [7, 11) is 0. The van der Waals surface area contributed by atoms with Gasteiger partial charge in [-0.05, 0) is 12.0 Å². The monoisotopic (exact) mass is 295 g/mol. The van der Waals surface area contributed by atoms with Gasteiger partial charge < -0.3 is 0 Å². The van der Waals surface area contributed by atoms with Gasteiger partial charge in [0.15, 0.2) is 0 Å². The first-order valence-corrected chi connectivity index (χ1v) is 5.65. The molecule has 1 unspecified atom stereocenters. The van der Waals surface area contributed by atoms with Crippen molar-refractivity contribution in [3.05, 3.63) is 77.4 Å². The van der Waals surface area contributed by atoms with E-state index in [4.69, 9.17) is 0 Å². The zero-order chi connectivity index (χ0) is 10.8. The molecule has 1 atom stereocenters. The summed E-state index contributed by atoms with van der Waals surface area (Å²) in [4.78, 5) is 0. The summed E-state index contributed by atoms with van der Waals surface area (Å²) in [6.45, 7) is 0. The molecule has 0 heterocycles. The Hall–Kier alpha value is -0.937. The van der Waals surface area contributed by atoms with E-state index in [1.165, 1.54) is 16.7 Å². The van der Waals surface area contributed by atoms with Gasteiger partial charge in [-0.15, -0.1) is 11.6 Å². The van der Waals surface area contributed by atoms with E-state index in [9.17, 15) is 0 Å². The van der Waals surface area contributed by atoms with Crippen molar-refractivity contribution in [3.8, 4) is 0 Å². The standard InChI is InChI=1S/C16H13.Zr/c1-2-6-13(7-3-1)12-15-11-10-14-8-4-5-9-16(14)15;/h1-10,15H,12H2;/q-1;. The van der Waals surface area contributed by atoms with Crippen LogP contribution < -0.4 is 0 Å². The molecule has 0 N–H and O–H groups in total. The van der Waals surface area contributed by atoms with Crippen LogP contribution in [0, 0.1) is 6.08 Å². The number of benzene rings is 2. The Morgan fingerprint density at radius 3 is 2.41 bits per heavy atom. The Kier molecular flexibility index (Phi) is 4.12. The second kappa shape index (κ2) is 5.60. The average Bonchev–Trinajstić information content (AvgIpc) is 2.74. The molecule has 3 rings (SSSR count). The van der Waals surface area contributed by atoms with Gasteiger partial charge in [0, 0.05) is 26.2 Å². The third-order valence-electron chi connectivity index (χ3n) is 3.09. The summed E-state index contributed by atoms with van der Waals surface area (Å²) >= 11 is 0. The van der Waals surface area contributed by atoms with E-state index in [-0.39, 0.29) is 26.2 Å². The SMILES string of the molecule is [C-]1=Cc2ccccc2C1Cc1ccccc1.[Zr]. The Balaban J connectivity index is 0.00000108. The van der Waals surface area contributed by atoms with E-state index >= 15 is 0 Å². The molecule has 0 radical (unpaired) electrons. The van der Waals surface area contributed by atoms with Crippen LogP contribution in [0.4, 0.5) is 0 Å². The predicted molar refractivity (Wildman–Crippen MR) is 67.0 cm³/mol. The van der Waals surface area contributed by atoms with Gasteiger partial charge in [-0.2, -0.15) is 5.56 Å². The van der Waals surface area contributed by atoms with E-state index in [1.54, 1.807) is 0 Å². The Morgan fingerprint density at radius 1 is 0.882 bits per heavy atom. The fourth-order valence-electron chi connectivity index (χ4n) is 2.26. The van der Waals surface area contributed by atoms with Crippen LogP contribution >= 0.6 is 0 Å². The molecule has 0 nitrogen and oxygen atoms in total. The van der Waals surface area contributed by atoms with Crippen LogP contribution in [-0.4, -0.2) is 0 Å². The van der Waals surface area contributed by atoms with E-state index in [1.807, 2.05) is 0 Å². The van der Waals surface area contributed by atoms with Crippen LogP contribution in [-0.2, 0) is 32.6 Å². The third kappa shape index (κ3) is 2.66. The zero-order valence-corrected chi connectivity index (χ0v) is 12.0. The summed E-state index contributed by atoms with van der Waals surface area (Å²) in [5.41, 5.74) is 4.11. The maximum atomic E-state index is 3.45. The van der Waals surface area contributed by atoms with E-state index in [0.717, 1.165) is 6.42 Å². The van der Waals surface area contributed by atoms with Crippen molar-refractivity contribution in [2.45, 2.75) is 12.3 Å². The fraction of sp³-hybridized carbons (Fsp3) is 0.125. The van der Waals surface area contributed by atoms with Crippen molar-refractivity contribution in [2.75, 3.05) is 0 Å². The topological polar surface area (TPSA) is 0 Å². The minimum absolute atomic E-state index is 0. The second-order valence-corrected chi connectivity index (χ2v) is 4.18. The summed E-state index contributed by atoms with van der Waals surface area (Å²) in [5.74, 6) is 0.429. The summed E-state index contributed by atoms with van der Waals surface area (Å²) in [6.07, 6.45) is 6.61. The number of rotatable bonds is 2. The molecular formula is C16H13Zr-. The molecule has 0 spiro atoms. The van der Waals surface area contributed by atoms with Gasteiger partial charge in [0.2, 0.25) is 0 Å².